The number of carbonyl (C=O) groups excluding carboxylic acids is 1. The minimum atomic E-state index is -3.48. The fourth-order valence-corrected chi connectivity index (χ4v) is 6.40. The molecule has 1 amide bonds. The summed E-state index contributed by atoms with van der Waals surface area (Å²) in [4.78, 5) is 19.8. The Labute approximate surface area is 179 Å². The van der Waals surface area contributed by atoms with Crippen LogP contribution in [0.5, 0.6) is 0 Å². The average molecular weight is 458 g/mol. The number of anilines is 1. The van der Waals surface area contributed by atoms with Crippen molar-refractivity contribution in [3.05, 3.63) is 23.2 Å². The highest BCUT2D eigenvalue weighted by atomic mass is 35.5. The summed E-state index contributed by atoms with van der Waals surface area (Å²) in [7, 11) is -3.48. The van der Waals surface area contributed by atoms with E-state index in [2.05, 4.69) is 4.98 Å². The maximum atomic E-state index is 13.6. The molecule has 0 N–H and O–H groups in total. The molecule has 1 aromatic carbocycles. The molecule has 2 unspecified atom stereocenters. The van der Waals surface area contributed by atoms with E-state index in [1.165, 1.54) is 21.9 Å². The monoisotopic (exact) mass is 457 g/mol. The Morgan fingerprint density at radius 3 is 2.86 bits per heavy atom. The zero-order valence-corrected chi connectivity index (χ0v) is 18.6. The van der Waals surface area contributed by atoms with Crippen molar-refractivity contribution < 1.29 is 17.9 Å². The number of amides is 1. The lowest BCUT2D eigenvalue weighted by atomic mass is 10.0. The molecule has 3 heterocycles. The smallest absolute Gasteiger partial charge is 0.247 e. The molecule has 0 spiro atoms. The number of sulfonamides is 1. The highest BCUT2D eigenvalue weighted by Crippen LogP contribution is 2.35. The van der Waals surface area contributed by atoms with Crippen LogP contribution in [0.2, 0.25) is 5.02 Å². The third-order valence-corrected chi connectivity index (χ3v) is 8.07. The number of piperidine rings is 1. The van der Waals surface area contributed by atoms with Gasteiger partial charge in [-0.1, -0.05) is 35.4 Å². The SMILES string of the molecule is CS(=O)(=O)N1CCCCC1C(=O)N(CC1CCCO1)c1nc2c(Cl)cccc2s1. The maximum absolute atomic E-state index is 13.6. The molecule has 2 aliphatic heterocycles. The van der Waals surface area contributed by atoms with Crippen molar-refractivity contribution in [3.8, 4) is 0 Å². The summed E-state index contributed by atoms with van der Waals surface area (Å²) in [6.45, 7) is 1.41. The van der Waals surface area contributed by atoms with E-state index < -0.39 is 16.1 Å². The van der Waals surface area contributed by atoms with Gasteiger partial charge in [0.15, 0.2) is 5.13 Å². The van der Waals surface area contributed by atoms with Crippen molar-refractivity contribution in [1.82, 2.24) is 9.29 Å². The van der Waals surface area contributed by atoms with Crippen LogP contribution in [-0.2, 0) is 19.6 Å². The van der Waals surface area contributed by atoms with Crippen molar-refractivity contribution >= 4 is 54.2 Å². The molecule has 7 nitrogen and oxygen atoms in total. The average Bonchev–Trinajstić information content (AvgIpc) is 3.35. The summed E-state index contributed by atoms with van der Waals surface area (Å²) >= 11 is 7.68. The highest BCUT2D eigenvalue weighted by molar-refractivity contribution is 7.88. The zero-order chi connectivity index (χ0) is 20.6. The number of nitrogens with zero attached hydrogens (tertiary/aromatic N) is 3. The number of thiazole rings is 1. The predicted molar refractivity (Wildman–Crippen MR) is 115 cm³/mol. The van der Waals surface area contributed by atoms with E-state index in [1.54, 1.807) is 11.0 Å². The topological polar surface area (TPSA) is 79.8 Å². The van der Waals surface area contributed by atoms with Gasteiger partial charge in [-0.2, -0.15) is 4.31 Å². The lowest BCUT2D eigenvalue weighted by Crippen LogP contribution is -2.54. The lowest BCUT2D eigenvalue weighted by Gasteiger charge is -2.35. The van der Waals surface area contributed by atoms with Gasteiger partial charge in [-0.25, -0.2) is 13.4 Å². The summed E-state index contributed by atoms with van der Waals surface area (Å²) in [5.74, 6) is -0.235. The van der Waals surface area contributed by atoms with E-state index in [1.807, 2.05) is 12.1 Å². The molecule has 2 aliphatic rings. The minimum absolute atomic E-state index is 0.0725. The number of hydrogen-bond acceptors (Lipinski definition) is 6. The molecular formula is C19H24ClN3O4S2. The number of para-hydroxylation sites is 1. The van der Waals surface area contributed by atoms with Crippen molar-refractivity contribution in [1.29, 1.82) is 0 Å². The normalized spacial score (nSPS) is 23.5. The number of carbonyl (C=O) groups is 1. The molecular weight excluding hydrogens is 434 g/mol. The second-order valence-electron chi connectivity index (χ2n) is 7.55. The molecule has 29 heavy (non-hydrogen) atoms. The van der Waals surface area contributed by atoms with E-state index in [9.17, 15) is 13.2 Å². The van der Waals surface area contributed by atoms with Gasteiger partial charge in [-0.05, 0) is 37.8 Å². The quantitative estimate of drug-likeness (QED) is 0.688. The zero-order valence-electron chi connectivity index (χ0n) is 16.2. The van der Waals surface area contributed by atoms with Gasteiger partial charge in [0.05, 0.1) is 28.6 Å². The molecule has 0 bridgehead atoms. The number of aromatic nitrogens is 1. The summed E-state index contributed by atoms with van der Waals surface area (Å²) in [6, 6.07) is 4.83. The van der Waals surface area contributed by atoms with Crippen molar-refractivity contribution in [2.45, 2.75) is 44.2 Å². The molecule has 2 saturated heterocycles. The van der Waals surface area contributed by atoms with Gasteiger partial charge in [-0.15, -0.1) is 0 Å². The van der Waals surface area contributed by atoms with Crippen molar-refractivity contribution in [2.24, 2.45) is 0 Å². The van der Waals surface area contributed by atoms with Gasteiger partial charge in [0.2, 0.25) is 15.9 Å². The second-order valence-corrected chi connectivity index (χ2v) is 10.9. The van der Waals surface area contributed by atoms with Crippen LogP contribution in [0.4, 0.5) is 5.13 Å². The molecule has 1 aromatic heterocycles. The third kappa shape index (κ3) is 4.44. The Bertz CT molecular complexity index is 1000. The van der Waals surface area contributed by atoms with Gasteiger partial charge in [-0.3, -0.25) is 9.69 Å². The van der Waals surface area contributed by atoms with Gasteiger partial charge in [0.1, 0.15) is 11.6 Å². The lowest BCUT2D eigenvalue weighted by molar-refractivity contribution is -0.123. The maximum Gasteiger partial charge on any atom is 0.247 e. The summed E-state index contributed by atoms with van der Waals surface area (Å²) in [6.07, 6.45) is 5.02. The number of fused-ring (bicyclic) bond motifs is 1. The Kier molecular flexibility index (Phi) is 6.13. The third-order valence-electron chi connectivity index (χ3n) is 5.43. The van der Waals surface area contributed by atoms with E-state index >= 15 is 0 Å². The Balaban J connectivity index is 1.70. The van der Waals surface area contributed by atoms with Crippen molar-refractivity contribution in [2.75, 3.05) is 30.9 Å². The van der Waals surface area contributed by atoms with Gasteiger partial charge in [0.25, 0.3) is 0 Å². The first-order chi connectivity index (χ1) is 13.8. The number of ether oxygens (including phenoxy) is 1. The minimum Gasteiger partial charge on any atom is -0.376 e. The first kappa shape index (κ1) is 21.0. The molecule has 0 saturated carbocycles. The van der Waals surface area contributed by atoms with Crippen LogP contribution >= 0.6 is 22.9 Å². The van der Waals surface area contributed by atoms with Crippen molar-refractivity contribution in [3.63, 3.8) is 0 Å². The van der Waals surface area contributed by atoms with Crippen LogP contribution in [-0.4, -0.2) is 61.7 Å². The van der Waals surface area contributed by atoms with E-state index in [4.69, 9.17) is 16.3 Å². The van der Waals surface area contributed by atoms with E-state index in [0.717, 1.165) is 30.4 Å². The molecule has 2 fully saturated rings. The van der Waals surface area contributed by atoms with Crippen LogP contribution < -0.4 is 4.90 Å². The first-order valence-electron chi connectivity index (χ1n) is 9.79. The highest BCUT2D eigenvalue weighted by Gasteiger charge is 2.39. The van der Waals surface area contributed by atoms with Gasteiger partial charge < -0.3 is 4.74 Å². The predicted octanol–water partition coefficient (Wildman–Crippen LogP) is 3.28. The summed E-state index contributed by atoms with van der Waals surface area (Å²) < 4.78 is 32.6. The van der Waals surface area contributed by atoms with Crippen LogP contribution in [0.15, 0.2) is 18.2 Å². The summed E-state index contributed by atoms with van der Waals surface area (Å²) in [5, 5.41) is 1.07. The van der Waals surface area contributed by atoms with E-state index in [-0.39, 0.29) is 12.0 Å². The number of rotatable bonds is 5. The standard InChI is InChI=1S/C19H24ClN3O4S2/c1-29(25,26)23-10-3-2-8-15(23)18(24)22(12-13-6-5-11-27-13)19-21-17-14(20)7-4-9-16(17)28-19/h4,7,9,13,15H,2-3,5-6,8,10-12H2,1H3. The number of halogens is 1. The summed E-state index contributed by atoms with van der Waals surface area (Å²) in [5.41, 5.74) is 0.655. The van der Waals surface area contributed by atoms with Gasteiger partial charge in [0, 0.05) is 13.2 Å². The van der Waals surface area contributed by atoms with Gasteiger partial charge >= 0.3 is 0 Å². The van der Waals surface area contributed by atoms with Crippen LogP contribution in [0, 0.1) is 0 Å². The second kappa shape index (κ2) is 8.47. The molecule has 2 aromatic rings. The number of benzene rings is 1. The molecule has 2 atom stereocenters. The largest absolute Gasteiger partial charge is 0.376 e. The molecule has 0 aliphatic carbocycles. The Hall–Kier alpha value is -1.26. The Morgan fingerprint density at radius 1 is 1.34 bits per heavy atom. The van der Waals surface area contributed by atoms with Crippen LogP contribution in [0.3, 0.4) is 0 Å². The van der Waals surface area contributed by atoms with E-state index in [0.29, 0.717) is 41.8 Å². The number of hydrogen-bond donors (Lipinski definition) is 0. The van der Waals surface area contributed by atoms with Crippen LogP contribution in [0.1, 0.15) is 32.1 Å². The molecule has 0 radical (unpaired) electrons. The molecule has 158 valence electrons. The Morgan fingerprint density at radius 2 is 2.17 bits per heavy atom. The fourth-order valence-electron chi connectivity index (χ4n) is 4.00. The van der Waals surface area contributed by atoms with Crippen LogP contribution in [0.25, 0.3) is 10.2 Å². The first-order valence-corrected chi connectivity index (χ1v) is 12.8. The fraction of sp³-hybridized carbons (Fsp3) is 0.579. The molecule has 4 rings (SSSR count). The molecule has 10 heteroatoms.